The molecule has 0 aromatic carbocycles. The van der Waals surface area contributed by atoms with Crippen LogP contribution in [-0.4, -0.2) is 67.1 Å². The molecule has 0 fully saturated rings. The van der Waals surface area contributed by atoms with Gasteiger partial charge >= 0.3 is 0 Å². The molecule has 11 heteroatoms. The third kappa shape index (κ3) is 6.81. The first-order valence-corrected chi connectivity index (χ1v) is 11.3. The third-order valence-electron chi connectivity index (χ3n) is 5.12. The van der Waals surface area contributed by atoms with Gasteiger partial charge in [0, 0.05) is 51.0 Å². The summed E-state index contributed by atoms with van der Waals surface area (Å²) in [5, 5.41) is 8.95. The van der Waals surface area contributed by atoms with E-state index >= 15 is 0 Å². The van der Waals surface area contributed by atoms with Crippen LogP contribution in [0.5, 0.6) is 0 Å². The van der Waals surface area contributed by atoms with Gasteiger partial charge in [-0.2, -0.15) is 0 Å². The van der Waals surface area contributed by atoms with Gasteiger partial charge in [-0.05, 0) is 24.3 Å². The minimum Gasteiger partial charge on any atom is -0.353 e. The molecule has 4 aromatic heterocycles. The average Bonchev–Trinajstić information content (AvgIpc) is 3.54. The molecule has 35 heavy (non-hydrogen) atoms. The van der Waals surface area contributed by atoms with E-state index < -0.39 is 0 Å². The normalized spacial score (nSPS) is 10.7. The summed E-state index contributed by atoms with van der Waals surface area (Å²) in [7, 11) is 0. The molecule has 2 amide bonds. The highest BCUT2D eigenvalue weighted by molar-refractivity contribution is 5.77. The quantitative estimate of drug-likeness (QED) is 0.258. The van der Waals surface area contributed by atoms with E-state index in [1.807, 2.05) is 36.4 Å². The average molecular weight is 474 g/mol. The molecule has 0 aliphatic rings. The summed E-state index contributed by atoms with van der Waals surface area (Å²) in [5.41, 5.74) is 2.27. The highest BCUT2D eigenvalue weighted by Gasteiger charge is 2.11. The number of carbonyl (C=O) groups excluding carboxylic acids is 2. The molecule has 0 radical (unpaired) electrons. The number of aromatic nitrogens is 6. The van der Waals surface area contributed by atoms with Gasteiger partial charge in [-0.25, -0.2) is 9.97 Å². The van der Waals surface area contributed by atoms with Crippen LogP contribution in [0.4, 0.5) is 0 Å². The first kappa shape index (κ1) is 23.8. The van der Waals surface area contributed by atoms with E-state index in [-0.39, 0.29) is 24.9 Å². The fraction of sp³-hybridized carbons (Fsp3) is 0.250. The highest BCUT2D eigenvalue weighted by atomic mass is 16.2. The van der Waals surface area contributed by atoms with Crippen molar-refractivity contribution >= 4 is 11.8 Å². The molecule has 0 saturated carbocycles. The Morgan fingerprint density at radius 3 is 2.06 bits per heavy atom. The van der Waals surface area contributed by atoms with Gasteiger partial charge in [-0.1, -0.05) is 12.1 Å². The monoisotopic (exact) mass is 473 g/mol. The predicted molar refractivity (Wildman–Crippen MR) is 130 cm³/mol. The number of pyridine rings is 2. The molecule has 180 valence electrons. The highest BCUT2D eigenvalue weighted by Crippen LogP contribution is 2.15. The van der Waals surface area contributed by atoms with Crippen molar-refractivity contribution in [2.24, 2.45) is 0 Å². The van der Waals surface area contributed by atoms with E-state index in [2.05, 4.69) is 35.9 Å². The lowest BCUT2D eigenvalue weighted by atomic mass is 10.3. The Morgan fingerprint density at radius 1 is 0.743 bits per heavy atom. The van der Waals surface area contributed by atoms with Crippen molar-refractivity contribution in [1.82, 2.24) is 45.0 Å². The number of imidazole rings is 2. The standard InChI is InChI=1S/C24H27N9O2/c34-22(16-32-14-13-31-24(32)20-6-2-4-8-28-20)29-11-9-25-10-12-30-23(35)17-33-18-26-15-21(33)19-5-1-3-7-27-19/h1-8,13-15,18,25H,9-12,16-17H2,(H,29,34)(H,30,35). The zero-order valence-electron chi connectivity index (χ0n) is 19.2. The molecule has 4 rings (SSSR count). The SMILES string of the molecule is O=C(Cn1cncc1-c1ccccn1)NCCNCCNC(=O)Cn1ccnc1-c1ccccn1. The maximum atomic E-state index is 12.3. The molecule has 11 nitrogen and oxygen atoms in total. The number of nitrogens with one attached hydrogen (secondary N) is 3. The second-order valence-corrected chi connectivity index (χ2v) is 7.67. The van der Waals surface area contributed by atoms with Crippen LogP contribution in [0.15, 0.2) is 73.7 Å². The number of hydrogen-bond acceptors (Lipinski definition) is 7. The van der Waals surface area contributed by atoms with Crippen LogP contribution >= 0.6 is 0 Å². The summed E-state index contributed by atoms with van der Waals surface area (Å²) < 4.78 is 3.53. The number of hydrogen-bond donors (Lipinski definition) is 3. The largest absolute Gasteiger partial charge is 0.353 e. The van der Waals surface area contributed by atoms with E-state index in [1.54, 1.807) is 46.4 Å². The van der Waals surface area contributed by atoms with E-state index in [9.17, 15) is 9.59 Å². The molecular formula is C24H27N9O2. The van der Waals surface area contributed by atoms with Crippen molar-refractivity contribution in [3.8, 4) is 22.9 Å². The van der Waals surface area contributed by atoms with Crippen LogP contribution in [0.25, 0.3) is 22.9 Å². The van der Waals surface area contributed by atoms with Gasteiger partial charge in [0.2, 0.25) is 11.8 Å². The Bertz CT molecular complexity index is 1130. The van der Waals surface area contributed by atoms with Crippen molar-refractivity contribution in [3.63, 3.8) is 0 Å². The van der Waals surface area contributed by atoms with E-state index in [1.165, 1.54) is 0 Å². The number of nitrogens with zero attached hydrogens (tertiary/aromatic N) is 6. The lowest BCUT2D eigenvalue weighted by Gasteiger charge is -2.10. The third-order valence-corrected chi connectivity index (χ3v) is 5.12. The molecule has 0 unspecified atom stereocenters. The van der Waals surface area contributed by atoms with Crippen LogP contribution in [-0.2, 0) is 22.7 Å². The minimum absolute atomic E-state index is 0.112. The molecule has 0 aliphatic carbocycles. The second kappa shape index (κ2) is 12.2. The summed E-state index contributed by atoms with van der Waals surface area (Å²) in [6, 6.07) is 11.2. The first-order valence-electron chi connectivity index (χ1n) is 11.3. The van der Waals surface area contributed by atoms with Crippen LogP contribution in [0.1, 0.15) is 0 Å². The topological polar surface area (TPSA) is 132 Å². The van der Waals surface area contributed by atoms with Crippen LogP contribution in [0.3, 0.4) is 0 Å². The van der Waals surface area contributed by atoms with Gasteiger partial charge in [-0.15, -0.1) is 0 Å². The Balaban J connectivity index is 1.10. The summed E-state index contributed by atoms with van der Waals surface area (Å²) >= 11 is 0. The van der Waals surface area contributed by atoms with Crippen molar-refractivity contribution in [1.29, 1.82) is 0 Å². The van der Waals surface area contributed by atoms with E-state index in [0.29, 0.717) is 32.0 Å². The molecule has 3 N–H and O–H groups in total. The number of carbonyl (C=O) groups is 2. The fourth-order valence-corrected chi connectivity index (χ4v) is 3.47. The smallest absolute Gasteiger partial charge is 0.240 e. The fourth-order valence-electron chi connectivity index (χ4n) is 3.47. The summed E-state index contributed by atoms with van der Waals surface area (Å²) in [5.74, 6) is 0.427. The Kier molecular flexibility index (Phi) is 8.28. The maximum absolute atomic E-state index is 12.3. The summed E-state index contributed by atoms with van der Waals surface area (Å²) in [6.45, 7) is 2.45. The molecule has 0 saturated heterocycles. The number of rotatable bonds is 12. The van der Waals surface area contributed by atoms with E-state index in [0.717, 1.165) is 17.1 Å². The number of amides is 2. The Labute approximate surface area is 202 Å². The van der Waals surface area contributed by atoms with Crippen molar-refractivity contribution in [2.75, 3.05) is 26.2 Å². The summed E-state index contributed by atoms with van der Waals surface area (Å²) in [4.78, 5) is 41.6. The second-order valence-electron chi connectivity index (χ2n) is 7.67. The van der Waals surface area contributed by atoms with Gasteiger partial charge in [0.1, 0.15) is 18.8 Å². The van der Waals surface area contributed by atoms with Crippen molar-refractivity contribution in [3.05, 3.63) is 73.7 Å². The van der Waals surface area contributed by atoms with E-state index in [4.69, 9.17) is 0 Å². The predicted octanol–water partition coefficient (Wildman–Crippen LogP) is 0.726. The zero-order valence-corrected chi connectivity index (χ0v) is 19.2. The molecular weight excluding hydrogens is 446 g/mol. The Hall–Kier alpha value is -4.38. The van der Waals surface area contributed by atoms with Gasteiger partial charge in [0.05, 0.1) is 23.9 Å². The van der Waals surface area contributed by atoms with Crippen LogP contribution in [0.2, 0.25) is 0 Å². The van der Waals surface area contributed by atoms with Crippen molar-refractivity contribution in [2.45, 2.75) is 13.1 Å². The lowest BCUT2D eigenvalue weighted by Crippen LogP contribution is -2.38. The van der Waals surface area contributed by atoms with Gasteiger partial charge < -0.3 is 25.1 Å². The molecule has 4 aromatic rings. The molecule has 0 bridgehead atoms. The van der Waals surface area contributed by atoms with Gasteiger partial charge in [0.15, 0.2) is 5.82 Å². The molecule has 0 aliphatic heterocycles. The lowest BCUT2D eigenvalue weighted by molar-refractivity contribution is -0.122. The maximum Gasteiger partial charge on any atom is 0.240 e. The minimum atomic E-state index is -0.112. The van der Waals surface area contributed by atoms with Crippen molar-refractivity contribution < 1.29 is 9.59 Å². The summed E-state index contributed by atoms with van der Waals surface area (Å²) in [6.07, 6.45) is 10.1. The zero-order chi connectivity index (χ0) is 24.3. The molecule has 0 spiro atoms. The van der Waals surface area contributed by atoms with Crippen LogP contribution < -0.4 is 16.0 Å². The molecule has 4 heterocycles. The Morgan fingerprint density at radius 2 is 1.40 bits per heavy atom. The first-order chi connectivity index (χ1) is 17.2. The van der Waals surface area contributed by atoms with Gasteiger partial charge in [0.25, 0.3) is 0 Å². The molecule has 0 atom stereocenters. The van der Waals surface area contributed by atoms with Gasteiger partial charge in [-0.3, -0.25) is 19.6 Å². The van der Waals surface area contributed by atoms with Crippen LogP contribution in [0, 0.1) is 0 Å².